The molecule has 4 rings (SSSR count). The molecule has 0 aromatic heterocycles. The minimum atomic E-state index is -0.362. The maximum atomic E-state index is 13.4. The normalized spacial score (nSPS) is 11.1. The predicted molar refractivity (Wildman–Crippen MR) is 156 cm³/mol. The largest absolute Gasteiger partial charge is 0.493 e. The van der Waals surface area contributed by atoms with Crippen molar-refractivity contribution in [2.24, 2.45) is 0 Å². The zero-order valence-corrected chi connectivity index (χ0v) is 23.3. The fourth-order valence-electron chi connectivity index (χ4n) is 4.25. The highest BCUT2D eigenvalue weighted by molar-refractivity contribution is 6.31. The number of hydrogen-bond acceptors (Lipinski definition) is 4. The monoisotopic (exact) mass is 541 g/mol. The molecule has 0 heterocycles. The van der Waals surface area contributed by atoms with Crippen LogP contribution in [0.25, 0.3) is 0 Å². The maximum Gasteiger partial charge on any atom is 0.255 e. The third-order valence-corrected chi connectivity index (χ3v) is 6.45. The van der Waals surface area contributed by atoms with Crippen LogP contribution in [0, 0.1) is 0 Å². The molecule has 200 valence electrons. The van der Waals surface area contributed by atoms with Gasteiger partial charge in [-0.3, -0.25) is 9.59 Å². The summed E-state index contributed by atoms with van der Waals surface area (Å²) in [4.78, 5) is 26.5. The third kappa shape index (κ3) is 6.87. The number of ether oxygens (including phenoxy) is 2. The lowest BCUT2D eigenvalue weighted by atomic mass is 9.86. The van der Waals surface area contributed by atoms with Gasteiger partial charge in [0.2, 0.25) is 0 Å². The second-order valence-electron chi connectivity index (χ2n) is 10.1. The van der Waals surface area contributed by atoms with Crippen molar-refractivity contribution in [3.63, 3.8) is 0 Å². The lowest BCUT2D eigenvalue weighted by molar-refractivity contribution is 0.102. The molecule has 6 heteroatoms. The number of anilines is 1. The van der Waals surface area contributed by atoms with E-state index in [4.69, 9.17) is 21.1 Å². The molecular formula is C33H32ClNO4. The number of halogens is 1. The van der Waals surface area contributed by atoms with Gasteiger partial charge in [0.05, 0.1) is 12.3 Å². The number of nitrogens with one attached hydrogen (secondary N) is 1. The summed E-state index contributed by atoms with van der Waals surface area (Å²) < 4.78 is 12.0. The van der Waals surface area contributed by atoms with Crippen LogP contribution in [0.1, 0.15) is 65.1 Å². The van der Waals surface area contributed by atoms with Gasteiger partial charge >= 0.3 is 0 Å². The molecule has 0 aliphatic rings. The Morgan fingerprint density at radius 3 is 2.23 bits per heavy atom. The van der Waals surface area contributed by atoms with E-state index in [1.165, 1.54) is 0 Å². The zero-order valence-electron chi connectivity index (χ0n) is 22.6. The second-order valence-corrected chi connectivity index (χ2v) is 10.6. The van der Waals surface area contributed by atoms with Gasteiger partial charge in [-0.05, 0) is 60.4 Å². The highest BCUT2D eigenvalue weighted by Gasteiger charge is 2.20. The van der Waals surface area contributed by atoms with E-state index >= 15 is 0 Å². The van der Waals surface area contributed by atoms with E-state index < -0.39 is 0 Å². The second kappa shape index (κ2) is 12.2. The van der Waals surface area contributed by atoms with Gasteiger partial charge in [-0.1, -0.05) is 80.9 Å². The number of benzene rings is 4. The van der Waals surface area contributed by atoms with Crippen LogP contribution < -0.4 is 14.8 Å². The first-order chi connectivity index (χ1) is 18.7. The van der Waals surface area contributed by atoms with Crippen LogP contribution in [0.3, 0.4) is 0 Å². The van der Waals surface area contributed by atoms with Gasteiger partial charge in [0.15, 0.2) is 5.78 Å². The fraction of sp³-hybridized carbons (Fsp3) is 0.212. The van der Waals surface area contributed by atoms with E-state index in [2.05, 4.69) is 32.2 Å². The Balaban J connectivity index is 1.60. The van der Waals surface area contributed by atoms with Crippen LogP contribution in [0.2, 0.25) is 5.02 Å². The van der Waals surface area contributed by atoms with Gasteiger partial charge in [-0.15, -0.1) is 0 Å². The van der Waals surface area contributed by atoms with E-state index in [0.29, 0.717) is 39.8 Å². The van der Waals surface area contributed by atoms with Crippen molar-refractivity contribution in [2.45, 2.75) is 39.7 Å². The van der Waals surface area contributed by atoms with E-state index in [9.17, 15) is 9.59 Å². The lowest BCUT2D eigenvalue weighted by Crippen LogP contribution is -2.16. The Labute approximate surface area is 234 Å². The highest BCUT2D eigenvalue weighted by atomic mass is 35.5. The Morgan fingerprint density at radius 1 is 0.795 bits per heavy atom. The summed E-state index contributed by atoms with van der Waals surface area (Å²) >= 11 is 6.20. The smallest absolute Gasteiger partial charge is 0.255 e. The number of carbonyl (C=O) groups is 2. The fourth-order valence-corrected chi connectivity index (χ4v) is 4.42. The standard InChI is InChI=1S/C33H32ClNO4/c1-5-38-29-18-15-23(19-24(29)21-39-30-14-10-9-13-27(30)33(2,3)4)32(37)35-28-17-16-25(34)20-26(28)31(36)22-11-7-6-8-12-22/h6-20H,5,21H2,1-4H3,(H,35,37). The van der Waals surface area contributed by atoms with Crippen molar-refractivity contribution < 1.29 is 19.1 Å². The van der Waals surface area contributed by atoms with Gasteiger partial charge in [0, 0.05) is 27.3 Å². The molecule has 1 amide bonds. The van der Waals surface area contributed by atoms with Crippen molar-refractivity contribution in [2.75, 3.05) is 11.9 Å². The summed E-state index contributed by atoms with van der Waals surface area (Å²) in [7, 11) is 0. The van der Waals surface area contributed by atoms with Gasteiger partial charge in [-0.25, -0.2) is 0 Å². The Morgan fingerprint density at radius 2 is 1.51 bits per heavy atom. The quantitative estimate of drug-likeness (QED) is 0.217. The number of carbonyl (C=O) groups excluding carboxylic acids is 2. The molecule has 0 saturated heterocycles. The topological polar surface area (TPSA) is 64.6 Å². The minimum Gasteiger partial charge on any atom is -0.493 e. The van der Waals surface area contributed by atoms with Crippen molar-refractivity contribution in [1.82, 2.24) is 0 Å². The maximum absolute atomic E-state index is 13.4. The first kappa shape index (κ1) is 27.9. The van der Waals surface area contributed by atoms with Gasteiger partial charge < -0.3 is 14.8 Å². The van der Waals surface area contributed by atoms with Crippen molar-refractivity contribution in [3.05, 3.63) is 124 Å². The van der Waals surface area contributed by atoms with E-state index in [1.807, 2.05) is 31.2 Å². The Kier molecular flexibility index (Phi) is 8.72. The molecule has 4 aromatic rings. The summed E-state index contributed by atoms with van der Waals surface area (Å²) in [6.45, 7) is 9.03. The number of rotatable bonds is 9. The Hall–Kier alpha value is -4.09. The first-order valence-corrected chi connectivity index (χ1v) is 13.2. The number of para-hydroxylation sites is 1. The Bertz CT molecular complexity index is 1480. The van der Waals surface area contributed by atoms with E-state index in [1.54, 1.807) is 60.7 Å². The third-order valence-electron chi connectivity index (χ3n) is 6.21. The summed E-state index contributed by atoms with van der Waals surface area (Å²) in [6.07, 6.45) is 0. The molecule has 0 saturated carbocycles. The van der Waals surface area contributed by atoms with Crippen LogP contribution >= 0.6 is 11.6 Å². The summed E-state index contributed by atoms with van der Waals surface area (Å²) in [5.74, 6) is 0.840. The molecule has 0 atom stereocenters. The van der Waals surface area contributed by atoms with Crippen molar-refractivity contribution in [3.8, 4) is 11.5 Å². The first-order valence-electron chi connectivity index (χ1n) is 12.9. The molecular weight excluding hydrogens is 510 g/mol. The predicted octanol–water partition coefficient (Wildman–Crippen LogP) is 8.10. The molecule has 0 aliphatic heterocycles. The molecule has 0 bridgehead atoms. The lowest BCUT2D eigenvalue weighted by Gasteiger charge is -2.23. The average Bonchev–Trinajstić information content (AvgIpc) is 2.93. The van der Waals surface area contributed by atoms with Crippen LogP contribution in [0.15, 0.2) is 91.0 Å². The van der Waals surface area contributed by atoms with Crippen LogP contribution in [0.4, 0.5) is 5.69 Å². The molecule has 0 fully saturated rings. The zero-order chi connectivity index (χ0) is 28.0. The average molecular weight is 542 g/mol. The number of ketones is 1. The molecule has 5 nitrogen and oxygen atoms in total. The van der Waals surface area contributed by atoms with E-state index in [-0.39, 0.29) is 23.7 Å². The summed E-state index contributed by atoms with van der Waals surface area (Å²) in [6, 6.07) is 26.9. The van der Waals surface area contributed by atoms with Crippen LogP contribution in [-0.2, 0) is 12.0 Å². The molecule has 39 heavy (non-hydrogen) atoms. The summed E-state index contributed by atoms with van der Waals surface area (Å²) in [5.41, 5.74) is 3.36. The molecule has 0 aliphatic carbocycles. The van der Waals surface area contributed by atoms with Gasteiger partial charge in [0.1, 0.15) is 18.1 Å². The highest BCUT2D eigenvalue weighted by Crippen LogP contribution is 2.32. The molecule has 0 radical (unpaired) electrons. The van der Waals surface area contributed by atoms with E-state index in [0.717, 1.165) is 16.9 Å². The number of amides is 1. The summed E-state index contributed by atoms with van der Waals surface area (Å²) in [5, 5.41) is 3.29. The SMILES string of the molecule is CCOc1ccc(C(=O)Nc2ccc(Cl)cc2C(=O)c2ccccc2)cc1COc1ccccc1C(C)(C)C. The van der Waals surface area contributed by atoms with Crippen molar-refractivity contribution >= 4 is 29.0 Å². The molecule has 4 aromatic carbocycles. The molecule has 0 spiro atoms. The van der Waals surface area contributed by atoms with Gasteiger partial charge in [-0.2, -0.15) is 0 Å². The van der Waals surface area contributed by atoms with Gasteiger partial charge in [0.25, 0.3) is 5.91 Å². The molecule has 0 unspecified atom stereocenters. The van der Waals surface area contributed by atoms with Crippen molar-refractivity contribution in [1.29, 1.82) is 0 Å². The number of hydrogen-bond donors (Lipinski definition) is 1. The molecule has 1 N–H and O–H groups in total. The van der Waals surface area contributed by atoms with Crippen LogP contribution in [-0.4, -0.2) is 18.3 Å². The van der Waals surface area contributed by atoms with Crippen LogP contribution in [0.5, 0.6) is 11.5 Å². The minimum absolute atomic E-state index is 0.0887.